The van der Waals surface area contributed by atoms with Crippen molar-refractivity contribution in [3.8, 4) is 17.0 Å². The quantitative estimate of drug-likeness (QED) is 0.299. The standard InChI is InChI=1S/C27H22F4N4O3S/c28-16-6-1-13(2-7-16)22-23-17(26(33,12-38-23)27(29,30)31)10-20(35-22)25(37,15-4-5-15)11-21-34-18-8-3-14(24(32)36)9-19(18)39-21/h1-3,6-10,15,37H,4-5,11-12,33H2,(H2,32,36)/t25-,26-/m0/s1. The van der Waals surface area contributed by atoms with E-state index in [1.54, 1.807) is 18.2 Å². The SMILES string of the molecule is NC(=O)c1ccc2nc(C[C@@](O)(c3cc4c(c(-c5ccc(F)cc5)n3)OC[C@@]4(N)C(F)(F)F)C3CC3)sc2c1. The van der Waals surface area contributed by atoms with Crippen LogP contribution in [0.4, 0.5) is 17.6 Å². The molecule has 2 aromatic carbocycles. The summed E-state index contributed by atoms with van der Waals surface area (Å²) in [7, 11) is 0. The van der Waals surface area contributed by atoms with Crippen LogP contribution in [0.3, 0.4) is 0 Å². The van der Waals surface area contributed by atoms with E-state index >= 15 is 0 Å². The van der Waals surface area contributed by atoms with E-state index in [0.717, 1.165) is 0 Å². The van der Waals surface area contributed by atoms with Gasteiger partial charge in [0, 0.05) is 23.1 Å². The van der Waals surface area contributed by atoms with E-state index in [-0.39, 0.29) is 35.0 Å². The Morgan fingerprint density at radius 1 is 1.13 bits per heavy atom. The number of benzene rings is 2. The molecule has 1 fully saturated rings. The number of thiazole rings is 1. The fourth-order valence-corrected chi connectivity index (χ4v) is 6.07. The number of fused-ring (bicyclic) bond motifs is 2. The molecule has 2 aliphatic rings. The molecule has 12 heteroatoms. The Balaban J connectivity index is 1.50. The number of amides is 1. The summed E-state index contributed by atoms with van der Waals surface area (Å²) < 4.78 is 62.3. The lowest BCUT2D eigenvalue weighted by Crippen LogP contribution is -2.52. The van der Waals surface area contributed by atoms with E-state index in [1.807, 2.05) is 0 Å². The maximum atomic E-state index is 14.2. The van der Waals surface area contributed by atoms with E-state index in [4.69, 9.17) is 16.2 Å². The van der Waals surface area contributed by atoms with Crippen molar-refractivity contribution in [2.24, 2.45) is 17.4 Å². The zero-order valence-corrected chi connectivity index (χ0v) is 21.1. The van der Waals surface area contributed by atoms with Gasteiger partial charge < -0.3 is 21.3 Å². The van der Waals surface area contributed by atoms with E-state index in [2.05, 4.69) is 9.97 Å². The smallest absolute Gasteiger partial charge is 0.414 e. The average Bonchev–Trinajstić information content (AvgIpc) is 3.58. The maximum Gasteiger partial charge on any atom is 0.414 e. The molecule has 3 heterocycles. The Bertz CT molecular complexity index is 1620. The Hall–Kier alpha value is -3.61. The van der Waals surface area contributed by atoms with Gasteiger partial charge in [-0.2, -0.15) is 13.2 Å². The van der Waals surface area contributed by atoms with Gasteiger partial charge in [0.05, 0.1) is 20.9 Å². The van der Waals surface area contributed by atoms with E-state index < -0.39 is 35.6 Å². The summed E-state index contributed by atoms with van der Waals surface area (Å²) in [6.45, 7) is -0.854. The summed E-state index contributed by atoms with van der Waals surface area (Å²) in [5.41, 5.74) is 7.72. The highest BCUT2D eigenvalue weighted by molar-refractivity contribution is 7.18. The predicted octanol–water partition coefficient (Wildman–Crippen LogP) is 4.55. The monoisotopic (exact) mass is 558 g/mol. The van der Waals surface area contributed by atoms with Crippen LogP contribution in [0.2, 0.25) is 0 Å². The lowest BCUT2D eigenvalue weighted by Gasteiger charge is -2.30. The molecule has 0 spiro atoms. The highest BCUT2D eigenvalue weighted by Gasteiger charge is 2.59. The molecular formula is C27H22F4N4O3S. The Kier molecular flexibility index (Phi) is 5.72. The lowest BCUT2D eigenvalue weighted by molar-refractivity contribution is -0.191. The first kappa shape index (κ1) is 25.7. The van der Waals surface area contributed by atoms with Crippen molar-refractivity contribution in [2.45, 2.75) is 36.6 Å². The van der Waals surface area contributed by atoms with Crippen molar-refractivity contribution < 1.29 is 32.2 Å². The molecule has 1 aliphatic carbocycles. The molecular weight excluding hydrogens is 536 g/mol. The summed E-state index contributed by atoms with van der Waals surface area (Å²) >= 11 is 1.25. The number of hydrogen-bond acceptors (Lipinski definition) is 7. The molecule has 7 nitrogen and oxygen atoms in total. The molecule has 202 valence electrons. The minimum atomic E-state index is -4.85. The molecule has 2 aromatic heterocycles. The van der Waals surface area contributed by atoms with Crippen molar-refractivity contribution in [2.75, 3.05) is 6.61 Å². The van der Waals surface area contributed by atoms with Gasteiger partial charge in [-0.25, -0.2) is 14.4 Å². The third-order valence-electron chi connectivity index (χ3n) is 7.36. The number of ether oxygens (including phenoxy) is 1. The molecule has 2 atom stereocenters. The third-order valence-corrected chi connectivity index (χ3v) is 8.37. The molecule has 0 radical (unpaired) electrons. The van der Waals surface area contributed by atoms with Crippen LogP contribution in [0.25, 0.3) is 21.5 Å². The van der Waals surface area contributed by atoms with Gasteiger partial charge in [-0.3, -0.25) is 4.79 Å². The van der Waals surface area contributed by atoms with Crippen LogP contribution in [0.1, 0.15) is 39.5 Å². The number of hydrogen-bond donors (Lipinski definition) is 3. The summed E-state index contributed by atoms with van der Waals surface area (Å²) in [6.07, 6.45) is -3.59. The number of primary amides is 1. The van der Waals surface area contributed by atoms with Crippen LogP contribution in [-0.4, -0.2) is 33.8 Å². The summed E-state index contributed by atoms with van der Waals surface area (Å²) in [4.78, 5) is 20.8. The fourth-order valence-electron chi connectivity index (χ4n) is 4.97. The first-order valence-electron chi connectivity index (χ1n) is 12.1. The molecule has 0 unspecified atom stereocenters. The highest BCUT2D eigenvalue weighted by Crippen LogP contribution is 2.53. The van der Waals surface area contributed by atoms with Crippen LogP contribution in [0, 0.1) is 11.7 Å². The normalized spacial score (nSPS) is 20.5. The number of nitrogens with zero attached hydrogens (tertiary/aromatic N) is 2. The molecule has 5 N–H and O–H groups in total. The largest absolute Gasteiger partial charge is 0.488 e. The summed E-state index contributed by atoms with van der Waals surface area (Å²) in [6, 6.07) is 11.1. The van der Waals surface area contributed by atoms with Crippen molar-refractivity contribution in [3.05, 3.63) is 76.2 Å². The molecule has 1 amide bonds. The Morgan fingerprint density at radius 2 is 1.85 bits per heavy atom. The van der Waals surface area contributed by atoms with Gasteiger partial charge >= 0.3 is 6.18 Å². The lowest BCUT2D eigenvalue weighted by atomic mass is 9.84. The van der Waals surface area contributed by atoms with Gasteiger partial charge in [-0.05, 0) is 67.3 Å². The zero-order chi connectivity index (χ0) is 27.7. The van der Waals surface area contributed by atoms with Crippen LogP contribution >= 0.6 is 11.3 Å². The van der Waals surface area contributed by atoms with Crippen LogP contribution in [0.15, 0.2) is 48.5 Å². The topological polar surface area (TPSA) is 124 Å². The first-order chi connectivity index (χ1) is 18.4. The van der Waals surface area contributed by atoms with Crippen LogP contribution in [0.5, 0.6) is 5.75 Å². The second-order valence-corrected chi connectivity index (χ2v) is 11.1. The number of nitrogens with two attached hydrogens (primary N) is 2. The number of aliphatic hydroxyl groups is 1. The van der Waals surface area contributed by atoms with Crippen molar-refractivity contribution >= 4 is 27.5 Å². The molecule has 39 heavy (non-hydrogen) atoms. The predicted molar refractivity (Wildman–Crippen MR) is 136 cm³/mol. The fraction of sp³-hybridized carbons (Fsp3) is 0.296. The number of halogens is 4. The zero-order valence-electron chi connectivity index (χ0n) is 20.3. The van der Waals surface area contributed by atoms with Crippen molar-refractivity contribution in [1.29, 1.82) is 0 Å². The van der Waals surface area contributed by atoms with Gasteiger partial charge in [-0.1, -0.05) is 0 Å². The van der Waals surface area contributed by atoms with Gasteiger partial charge in [-0.15, -0.1) is 11.3 Å². The molecule has 1 aliphatic heterocycles. The molecule has 1 saturated carbocycles. The number of rotatable bonds is 6. The van der Waals surface area contributed by atoms with E-state index in [1.165, 1.54) is 41.7 Å². The average molecular weight is 559 g/mol. The van der Waals surface area contributed by atoms with Crippen LogP contribution in [-0.2, 0) is 17.6 Å². The maximum absolute atomic E-state index is 14.2. The number of alkyl halides is 3. The van der Waals surface area contributed by atoms with Gasteiger partial charge in [0.2, 0.25) is 5.91 Å². The van der Waals surface area contributed by atoms with E-state index in [0.29, 0.717) is 39.2 Å². The highest BCUT2D eigenvalue weighted by atomic mass is 32.1. The Morgan fingerprint density at radius 3 is 2.49 bits per heavy atom. The second kappa shape index (κ2) is 8.70. The number of pyridine rings is 1. The number of aromatic nitrogens is 2. The Labute approximate surface area is 223 Å². The van der Waals surface area contributed by atoms with Gasteiger partial charge in [0.25, 0.3) is 0 Å². The molecule has 6 rings (SSSR count). The van der Waals surface area contributed by atoms with Gasteiger partial charge in [0.1, 0.15) is 23.7 Å². The van der Waals surface area contributed by atoms with Gasteiger partial charge in [0.15, 0.2) is 11.3 Å². The number of carbonyl (C=O) groups excluding carboxylic acids is 1. The minimum Gasteiger partial charge on any atom is -0.488 e. The summed E-state index contributed by atoms with van der Waals surface area (Å²) in [5, 5.41) is 12.6. The first-order valence-corrected chi connectivity index (χ1v) is 12.9. The van der Waals surface area contributed by atoms with Crippen LogP contribution < -0.4 is 16.2 Å². The molecule has 4 aromatic rings. The van der Waals surface area contributed by atoms with E-state index in [9.17, 15) is 27.5 Å². The van der Waals surface area contributed by atoms with Crippen molar-refractivity contribution in [1.82, 2.24) is 9.97 Å². The third kappa shape index (κ3) is 4.23. The van der Waals surface area contributed by atoms with Crippen molar-refractivity contribution in [3.63, 3.8) is 0 Å². The minimum absolute atomic E-state index is 0.00438. The molecule has 0 bridgehead atoms. The summed E-state index contributed by atoms with van der Waals surface area (Å²) in [5.74, 6) is -1.55. The second-order valence-electron chi connectivity index (χ2n) is 10.0. The number of carbonyl (C=O) groups is 1. The molecule has 0 saturated heterocycles.